The maximum Gasteiger partial charge on any atom is 0.411 e. The molecule has 1 saturated heterocycles. The number of ether oxygens (including phenoxy) is 2. The summed E-state index contributed by atoms with van der Waals surface area (Å²) in [5.41, 5.74) is -0.647. The largest absolute Gasteiger partial charge is 0.464 e. The van der Waals surface area contributed by atoms with Gasteiger partial charge < -0.3 is 14.8 Å². The van der Waals surface area contributed by atoms with Gasteiger partial charge in [-0.15, -0.1) is 0 Å². The van der Waals surface area contributed by atoms with Gasteiger partial charge >= 0.3 is 12.1 Å². The van der Waals surface area contributed by atoms with E-state index < -0.39 is 23.7 Å². The number of esters is 1. The van der Waals surface area contributed by atoms with Crippen molar-refractivity contribution in [3.8, 4) is 0 Å². The first-order valence-corrected chi connectivity index (χ1v) is 8.18. The molecule has 0 bridgehead atoms. The maximum atomic E-state index is 12.3. The summed E-state index contributed by atoms with van der Waals surface area (Å²) in [7, 11) is 0. The molecule has 0 aromatic carbocycles. The van der Waals surface area contributed by atoms with E-state index in [-0.39, 0.29) is 31.0 Å². The normalized spacial score (nSPS) is 24.3. The maximum absolute atomic E-state index is 12.3. The van der Waals surface area contributed by atoms with Crippen molar-refractivity contribution in [1.29, 1.82) is 0 Å². The lowest BCUT2D eigenvalue weighted by Crippen LogP contribution is -2.44. The van der Waals surface area contributed by atoms with E-state index in [4.69, 9.17) is 9.47 Å². The van der Waals surface area contributed by atoms with Crippen molar-refractivity contribution in [2.75, 3.05) is 13.2 Å². The first-order valence-electron chi connectivity index (χ1n) is 8.18. The van der Waals surface area contributed by atoms with Crippen LogP contribution in [-0.4, -0.2) is 53.7 Å². The number of hydrogen-bond acceptors (Lipinski definition) is 5. The summed E-state index contributed by atoms with van der Waals surface area (Å²) in [6, 6.07) is -0.959. The summed E-state index contributed by atoms with van der Waals surface area (Å²) < 4.78 is 10.4. The van der Waals surface area contributed by atoms with Crippen LogP contribution in [0.3, 0.4) is 0 Å². The third kappa shape index (κ3) is 4.84. The second-order valence-corrected chi connectivity index (χ2v) is 7.12. The Bertz CT molecular complexity index is 481. The predicted octanol–water partition coefficient (Wildman–Crippen LogP) is 1.45. The van der Waals surface area contributed by atoms with Gasteiger partial charge in [-0.25, -0.2) is 9.59 Å². The van der Waals surface area contributed by atoms with E-state index in [0.717, 1.165) is 12.8 Å². The monoisotopic (exact) mass is 326 g/mol. The van der Waals surface area contributed by atoms with Gasteiger partial charge in [-0.1, -0.05) is 0 Å². The van der Waals surface area contributed by atoms with Crippen LogP contribution in [0.25, 0.3) is 0 Å². The quantitative estimate of drug-likeness (QED) is 0.791. The standard InChI is InChI=1S/C16H26N2O5/c1-5-22-14(20)12-8-11(17-13(19)10-6-7-10)9-18(12)15(21)23-16(2,3)4/h10-12H,5-9H2,1-4H3,(H,17,19)/t11-,12-/m0/s1. The number of hydrogen-bond donors (Lipinski definition) is 1. The van der Waals surface area contributed by atoms with Crippen molar-refractivity contribution in [2.24, 2.45) is 5.92 Å². The van der Waals surface area contributed by atoms with Crippen molar-refractivity contribution in [2.45, 2.75) is 64.6 Å². The zero-order valence-electron chi connectivity index (χ0n) is 14.3. The molecule has 1 heterocycles. The lowest BCUT2D eigenvalue weighted by atomic mass is 10.1. The molecule has 0 spiro atoms. The number of rotatable bonds is 4. The Labute approximate surface area is 136 Å². The molecule has 2 aliphatic rings. The van der Waals surface area contributed by atoms with E-state index in [0.29, 0.717) is 6.42 Å². The summed E-state index contributed by atoms with van der Waals surface area (Å²) in [6.07, 6.45) is 1.63. The number of nitrogens with zero attached hydrogens (tertiary/aromatic N) is 1. The van der Waals surface area contributed by atoms with Crippen LogP contribution in [0.4, 0.5) is 4.79 Å². The lowest BCUT2D eigenvalue weighted by Gasteiger charge is -2.27. The van der Waals surface area contributed by atoms with E-state index in [1.807, 2.05) is 0 Å². The summed E-state index contributed by atoms with van der Waals surface area (Å²) in [6.45, 7) is 7.54. The zero-order valence-corrected chi connectivity index (χ0v) is 14.3. The molecular weight excluding hydrogens is 300 g/mol. The average molecular weight is 326 g/mol. The SMILES string of the molecule is CCOC(=O)[C@@H]1C[C@H](NC(=O)C2CC2)CN1C(=O)OC(C)(C)C. The van der Waals surface area contributed by atoms with Crippen molar-refractivity contribution in [1.82, 2.24) is 10.2 Å². The molecule has 130 valence electrons. The molecule has 0 unspecified atom stereocenters. The van der Waals surface area contributed by atoms with Gasteiger partial charge in [0.05, 0.1) is 6.61 Å². The Balaban J connectivity index is 2.03. The van der Waals surface area contributed by atoms with Crippen LogP contribution in [0.5, 0.6) is 0 Å². The van der Waals surface area contributed by atoms with Crippen LogP contribution in [0.2, 0.25) is 0 Å². The van der Waals surface area contributed by atoms with E-state index in [2.05, 4.69) is 5.32 Å². The molecule has 0 aromatic heterocycles. The number of amides is 2. The number of likely N-dealkylation sites (tertiary alicyclic amines) is 1. The molecule has 7 heteroatoms. The van der Waals surface area contributed by atoms with Crippen LogP contribution < -0.4 is 5.32 Å². The summed E-state index contributed by atoms with van der Waals surface area (Å²) in [5, 5.41) is 2.92. The molecule has 7 nitrogen and oxygen atoms in total. The van der Waals surface area contributed by atoms with Crippen LogP contribution in [-0.2, 0) is 19.1 Å². The molecule has 2 rings (SSSR count). The van der Waals surface area contributed by atoms with E-state index in [9.17, 15) is 14.4 Å². The first kappa shape index (κ1) is 17.6. The van der Waals surface area contributed by atoms with E-state index in [1.54, 1.807) is 27.7 Å². The van der Waals surface area contributed by atoms with Crippen molar-refractivity contribution < 1.29 is 23.9 Å². The Kier molecular flexibility index (Phi) is 5.16. The molecule has 23 heavy (non-hydrogen) atoms. The van der Waals surface area contributed by atoms with Gasteiger partial charge in [-0.2, -0.15) is 0 Å². The number of nitrogens with one attached hydrogen (secondary N) is 1. The molecule has 1 saturated carbocycles. The van der Waals surface area contributed by atoms with Gasteiger partial charge in [-0.05, 0) is 40.5 Å². The summed E-state index contributed by atoms with van der Waals surface area (Å²) in [5.74, 6) is -0.364. The molecule has 0 aromatic rings. The van der Waals surface area contributed by atoms with Gasteiger partial charge in [0.2, 0.25) is 5.91 Å². The van der Waals surface area contributed by atoms with Crippen molar-refractivity contribution in [3.63, 3.8) is 0 Å². The van der Waals surface area contributed by atoms with Gasteiger partial charge in [-0.3, -0.25) is 9.69 Å². The van der Waals surface area contributed by atoms with Gasteiger partial charge in [0.25, 0.3) is 0 Å². The van der Waals surface area contributed by atoms with Gasteiger partial charge in [0.1, 0.15) is 11.6 Å². The van der Waals surface area contributed by atoms with Crippen LogP contribution in [0.15, 0.2) is 0 Å². The van der Waals surface area contributed by atoms with E-state index in [1.165, 1.54) is 4.90 Å². The second kappa shape index (κ2) is 6.76. The minimum atomic E-state index is -0.714. The molecule has 2 atom stereocenters. The molecule has 2 amide bonds. The number of carbonyl (C=O) groups is 3. The molecular formula is C16H26N2O5. The molecule has 2 fully saturated rings. The second-order valence-electron chi connectivity index (χ2n) is 7.12. The van der Waals surface area contributed by atoms with Gasteiger partial charge in [0, 0.05) is 24.9 Å². The highest BCUT2D eigenvalue weighted by Gasteiger charge is 2.43. The Hall–Kier alpha value is -1.79. The highest BCUT2D eigenvalue weighted by atomic mass is 16.6. The number of carbonyl (C=O) groups excluding carboxylic acids is 3. The van der Waals surface area contributed by atoms with Crippen LogP contribution >= 0.6 is 0 Å². The zero-order chi connectivity index (χ0) is 17.2. The summed E-state index contributed by atoms with van der Waals surface area (Å²) >= 11 is 0. The molecule has 1 aliphatic carbocycles. The Morgan fingerprint density at radius 1 is 1.22 bits per heavy atom. The van der Waals surface area contributed by atoms with E-state index >= 15 is 0 Å². The molecule has 1 aliphatic heterocycles. The van der Waals surface area contributed by atoms with Gasteiger partial charge in [0.15, 0.2) is 0 Å². The highest BCUT2D eigenvalue weighted by molar-refractivity contribution is 5.84. The predicted molar refractivity (Wildman–Crippen MR) is 82.6 cm³/mol. The Morgan fingerprint density at radius 3 is 2.39 bits per heavy atom. The minimum Gasteiger partial charge on any atom is -0.464 e. The fourth-order valence-electron chi connectivity index (χ4n) is 2.59. The van der Waals surface area contributed by atoms with Crippen molar-refractivity contribution in [3.05, 3.63) is 0 Å². The summed E-state index contributed by atoms with van der Waals surface area (Å²) in [4.78, 5) is 37.7. The third-order valence-corrected chi connectivity index (χ3v) is 3.78. The minimum absolute atomic E-state index is 0.00338. The third-order valence-electron chi connectivity index (χ3n) is 3.78. The topological polar surface area (TPSA) is 84.9 Å². The highest BCUT2D eigenvalue weighted by Crippen LogP contribution is 2.30. The molecule has 1 N–H and O–H groups in total. The fourth-order valence-corrected chi connectivity index (χ4v) is 2.59. The Morgan fingerprint density at radius 2 is 1.87 bits per heavy atom. The van der Waals surface area contributed by atoms with Crippen LogP contribution in [0, 0.1) is 5.92 Å². The average Bonchev–Trinajstić information content (AvgIpc) is 3.18. The lowest BCUT2D eigenvalue weighted by molar-refractivity contribution is -0.148. The molecule has 0 radical (unpaired) electrons. The van der Waals surface area contributed by atoms with Crippen LogP contribution in [0.1, 0.15) is 47.0 Å². The first-order chi connectivity index (χ1) is 10.7. The fraction of sp³-hybridized carbons (Fsp3) is 0.812. The smallest absolute Gasteiger partial charge is 0.411 e. The van der Waals surface area contributed by atoms with Crippen molar-refractivity contribution >= 4 is 18.0 Å².